The van der Waals surface area contributed by atoms with E-state index in [2.05, 4.69) is 38.5 Å². The number of amides is 1. The van der Waals surface area contributed by atoms with Gasteiger partial charge in [0.05, 0.1) is 0 Å². The number of anilines is 2. The van der Waals surface area contributed by atoms with Crippen molar-refractivity contribution in [3.8, 4) is 0 Å². The molecule has 1 aromatic carbocycles. The first-order valence-electron chi connectivity index (χ1n) is 6.88. The molecule has 2 N–H and O–H groups in total. The Morgan fingerprint density at radius 3 is 2.81 bits per heavy atom. The number of benzene rings is 1. The van der Waals surface area contributed by atoms with Crippen molar-refractivity contribution in [2.24, 2.45) is 0 Å². The molecule has 0 radical (unpaired) electrons. The molecule has 1 aromatic heterocycles. The molecule has 4 nitrogen and oxygen atoms in total. The molecular formula is C16H18BrN3O. The van der Waals surface area contributed by atoms with Crippen LogP contribution in [0, 0.1) is 6.92 Å². The van der Waals surface area contributed by atoms with Gasteiger partial charge in [-0.05, 0) is 43.2 Å². The summed E-state index contributed by atoms with van der Waals surface area (Å²) in [4.78, 5) is 16.5. The zero-order chi connectivity index (χ0) is 15.2. The van der Waals surface area contributed by atoms with Gasteiger partial charge in [-0.1, -0.05) is 35.0 Å². The molecule has 5 heteroatoms. The van der Waals surface area contributed by atoms with Crippen LogP contribution >= 0.6 is 15.9 Å². The number of aryl methyl sites for hydroxylation is 1. The summed E-state index contributed by atoms with van der Waals surface area (Å²) in [5.74, 6) is 0.500. The van der Waals surface area contributed by atoms with Gasteiger partial charge in [-0.2, -0.15) is 0 Å². The molecule has 1 amide bonds. The van der Waals surface area contributed by atoms with Crippen molar-refractivity contribution in [3.63, 3.8) is 0 Å². The van der Waals surface area contributed by atoms with Gasteiger partial charge < -0.3 is 10.6 Å². The summed E-state index contributed by atoms with van der Waals surface area (Å²) in [5.41, 5.74) is 2.26. The van der Waals surface area contributed by atoms with Gasteiger partial charge in [0.15, 0.2) is 0 Å². The Labute approximate surface area is 133 Å². The number of rotatable bonds is 5. The van der Waals surface area contributed by atoms with E-state index in [1.807, 2.05) is 37.3 Å². The van der Waals surface area contributed by atoms with E-state index < -0.39 is 0 Å². The maximum atomic E-state index is 12.2. The van der Waals surface area contributed by atoms with Gasteiger partial charge in [0.25, 0.3) is 5.91 Å². The summed E-state index contributed by atoms with van der Waals surface area (Å²) >= 11 is 3.46. The van der Waals surface area contributed by atoms with Crippen molar-refractivity contribution in [2.75, 3.05) is 17.2 Å². The lowest BCUT2D eigenvalue weighted by atomic mass is 10.2. The first-order chi connectivity index (χ1) is 10.1. The SMILES string of the molecule is CCCNc1cccc(C(=O)Nc2ccc(C)c(Br)c2)n1. The number of carbonyl (C=O) groups is 1. The third-order valence-corrected chi connectivity index (χ3v) is 3.82. The van der Waals surface area contributed by atoms with E-state index in [-0.39, 0.29) is 5.91 Å². The Hall–Kier alpha value is -1.88. The van der Waals surface area contributed by atoms with E-state index in [4.69, 9.17) is 0 Å². The second kappa shape index (κ2) is 7.22. The number of halogens is 1. The minimum absolute atomic E-state index is 0.217. The third kappa shape index (κ3) is 4.29. The normalized spacial score (nSPS) is 10.2. The molecule has 0 fully saturated rings. The third-order valence-electron chi connectivity index (χ3n) is 2.97. The highest BCUT2D eigenvalue weighted by atomic mass is 79.9. The second-order valence-electron chi connectivity index (χ2n) is 4.75. The molecule has 0 aliphatic carbocycles. The molecule has 0 aliphatic heterocycles. The lowest BCUT2D eigenvalue weighted by Crippen LogP contribution is -2.14. The summed E-state index contributed by atoms with van der Waals surface area (Å²) in [7, 11) is 0. The monoisotopic (exact) mass is 347 g/mol. The van der Waals surface area contributed by atoms with E-state index in [1.165, 1.54) is 0 Å². The van der Waals surface area contributed by atoms with Crippen molar-refractivity contribution in [1.29, 1.82) is 0 Å². The number of hydrogen-bond acceptors (Lipinski definition) is 3. The van der Waals surface area contributed by atoms with Gasteiger partial charge in [-0.25, -0.2) is 4.98 Å². The van der Waals surface area contributed by atoms with Crippen LogP contribution in [0.2, 0.25) is 0 Å². The first kappa shape index (κ1) is 15.5. The van der Waals surface area contributed by atoms with E-state index in [1.54, 1.807) is 6.07 Å². The highest BCUT2D eigenvalue weighted by Crippen LogP contribution is 2.21. The summed E-state index contributed by atoms with van der Waals surface area (Å²) in [6.07, 6.45) is 1.01. The van der Waals surface area contributed by atoms with Crippen LogP contribution in [0.3, 0.4) is 0 Å². The van der Waals surface area contributed by atoms with Crippen LogP contribution in [0.1, 0.15) is 29.4 Å². The van der Waals surface area contributed by atoms with Crippen LogP contribution in [0.25, 0.3) is 0 Å². The number of carbonyl (C=O) groups excluding carboxylic acids is 1. The summed E-state index contributed by atoms with van der Waals surface area (Å²) in [5, 5.41) is 6.02. The van der Waals surface area contributed by atoms with Crippen molar-refractivity contribution in [3.05, 3.63) is 52.1 Å². The molecule has 110 valence electrons. The van der Waals surface area contributed by atoms with Crippen molar-refractivity contribution in [1.82, 2.24) is 4.98 Å². The van der Waals surface area contributed by atoms with Gasteiger partial charge in [-0.3, -0.25) is 4.79 Å². The van der Waals surface area contributed by atoms with E-state index in [0.717, 1.165) is 34.5 Å². The number of pyridine rings is 1. The molecule has 0 atom stereocenters. The van der Waals surface area contributed by atoms with Crippen LogP contribution in [0.15, 0.2) is 40.9 Å². The second-order valence-corrected chi connectivity index (χ2v) is 5.61. The van der Waals surface area contributed by atoms with Crippen LogP contribution in [0.5, 0.6) is 0 Å². The smallest absolute Gasteiger partial charge is 0.274 e. The van der Waals surface area contributed by atoms with Crippen LogP contribution in [-0.2, 0) is 0 Å². The molecule has 2 aromatic rings. The summed E-state index contributed by atoms with van der Waals surface area (Å²) in [6, 6.07) is 11.1. The molecule has 0 unspecified atom stereocenters. The van der Waals surface area contributed by atoms with Gasteiger partial charge in [0, 0.05) is 16.7 Å². The van der Waals surface area contributed by atoms with Gasteiger partial charge in [0.1, 0.15) is 11.5 Å². The van der Waals surface area contributed by atoms with E-state index >= 15 is 0 Å². The maximum Gasteiger partial charge on any atom is 0.274 e. The molecule has 0 saturated heterocycles. The fraction of sp³-hybridized carbons (Fsp3) is 0.250. The van der Waals surface area contributed by atoms with E-state index in [9.17, 15) is 4.79 Å². The van der Waals surface area contributed by atoms with Gasteiger partial charge >= 0.3 is 0 Å². The minimum Gasteiger partial charge on any atom is -0.370 e. The van der Waals surface area contributed by atoms with Crippen molar-refractivity contribution >= 4 is 33.3 Å². The fourth-order valence-electron chi connectivity index (χ4n) is 1.78. The Morgan fingerprint density at radius 1 is 1.29 bits per heavy atom. The lowest BCUT2D eigenvalue weighted by Gasteiger charge is -2.08. The largest absolute Gasteiger partial charge is 0.370 e. The van der Waals surface area contributed by atoms with Crippen LogP contribution in [0.4, 0.5) is 11.5 Å². The fourth-order valence-corrected chi connectivity index (χ4v) is 2.16. The van der Waals surface area contributed by atoms with Crippen LogP contribution in [-0.4, -0.2) is 17.4 Å². The minimum atomic E-state index is -0.217. The quantitative estimate of drug-likeness (QED) is 0.850. The number of hydrogen-bond donors (Lipinski definition) is 2. The number of nitrogens with one attached hydrogen (secondary N) is 2. The highest BCUT2D eigenvalue weighted by Gasteiger charge is 2.09. The lowest BCUT2D eigenvalue weighted by molar-refractivity contribution is 0.102. The highest BCUT2D eigenvalue weighted by molar-refractivity contribution is 9.10. The number of nitrogens with zero attached hydrogens (tertiary/aromatic N) is 1. The topological polar surface area (TPSA) is 54.0 Å². The average Bonchev–Trinajstić information content (AvgIpc) is 2.49. The van der Waals surface area contributed by atoms with E-state index in [0.29, 0.717) is 5.69 Å². The first-order valence-corrected chi connectivity index (χ1v) is 7.68. The Balaban J connectivity index is 2.10. The predicted molar refractivity (Wildman–Crippen MR) is 89.8 cm³/mol. The van der Waals surface area contributed by atoms with Gasteiger partial charge in [-0.15, -0.1) is 0 Å². The van der Waals surface area contributed by atoms with Crippen molar-refractivity contribution in [2.45, 2.75) is 20.3 Å². The zero-order valence-electron chi connectivity index (χ0n) is 12.1. The number of aromatic nitrogens is 1. The summed E-state index contributed by atoms with van der Waals surface area (Å²) < 4.78 is 0.964. The predicted octanol–water partition coefficient (Wildman–Crippen LogP) is 4.23. The molecule has 0 aliphatic rings. The molecule has 0 spiro atoms. The van der Waals surface area contributed by atoms with Crippen LogP contribution < -0.4 is 10.6 Å². The Bertz CT molecular complexity index is 643. The van der Waals surface area contributed by atoms with Crippen molar-refractivity contribution < 1.29 is 4.79 Å². The molecule has 21 heavy (non-hydrogen) atoms. The van der Waals surface area contributed by atoms with Gasteiger partial charge in [0.2, 0.25) is 0 Å². The molecular weight excluding hydrogens is 330 g/mol. The molecule has 0 saturated carbocycles. The molecule has 0 bridgehead atoms. The zero-order valence-corrected chi connectivity index (χ0v) is 13.7. The Kier molecular flexibility index (Phi) is 5.33. The average molecular weight is 348 g/mol. The Morgan fingerprint density at radius 2 is 2.10 bits per heavy atom. The molecule has 2 rings (SSSR count). The maximum absolute atomic E-state index is 12.2. The standard InChI is InChI=1S/C16H18BrN3O/c1-3-9-18-15-6-4-5-14(20-15)16(21)19-12-8-7-11(2)13(17)10-12/h4-8,10H,3,9H2,1-2H3,(H,18,20)(H,19,21). The summed E-state index contributed by atoms with van der Waals surface area (Å²) in [6.45, 7) is 4.92. The molecule has 1 heterocycles.